The van der Waals surface area contributed by atoms with Crippen LogP contribution in [0.25, 0.3) is 0 Å². The molecular formula is C18H26Cl2N2O4S. The highest BCUT2D eigenvalue weighted by atomic mass is 35.5. The first-order valence-corrected chi connectivity index (χ1v) is 11.7. The maximum absolute atomic E-state index is 12.0. The Balaban J connectivity index is 1.93. The Hall–Kier alpha value is -0.860. The monoisotopic (exact) mass is 436 g/mol. The summed E-state index contributed by atoms with van der Waals surface area (Å²) in [5.74, 6) is -0.905. The fourth-order valence-electron chi connectivity index (χ4n) is 3.23. The molecule has 1 unspecified atom stereocenters. The lowest BCUT2D eigenvalue weighted by atomic mass is 9.79. The molecule has 0 saturated carbocycles. The van der Waals surface area contributed by atoms with Gasteiger partial charge in [-0.25, -0.2) is 8.42 Å². The first-order valence-electron chi connectivity index (χ1n) is 8.83. The van der Waals surface area contributed by atoms with Crippen LogP contribution < -0.4 is 5.32 Å². The summed E-state index contributed by atoms with van der Waals surface area (Å²) in [7, 11) is -3.02. The van der Waals surface area contributed by atoms with Crippen LogP contribution in [0, 0.1) is 0 Å². The molecule has 1 aromatic carbocycles. The number of piperidine rings is 1. The zero-order valence-electron chi connectivity index (χ0n) is 15.5. The number of carboxylic acids is 1. The molecule has 1 aromatic rings. The van der Waals surface area contributed by atoms with E-state index in [2.05, 4.69) is 10.2 Å². The van der Waals surface area contributed by atoms with Crippen LogP contribution >= 0.6 is 23.2 Å². The standard InChI is InChI=1S/C18H26Cl2N2O4S/c1-18(17(23)24,13-3-4-15(19)16(20)11-13)7-10-22-8-5-14(6-9-22)21-12-27(2,25)26/h3-4,11,14,21H,5-10,12H2,1-2H3,(H,23,24). The van der Waals surface area contributed by atoms with Crippen LogP contribution in [0.4, 0.5) is 0 Å². The number of benzene rings is 1. The van der Waals surface area contributed by atoms with Crippen molar-refractivity contribution in [2.24, 2.45) is 0 Å². The first-order chi connectivity index (χ1) is 12.5. The summed E-state index contributed by atoms with van der Waals surface area (Å²) in [5, 5.41) is 13.6. The second-order valence-corrected chi connectivity index (χ2v) is 10.4. The van der Waals surface area contributed by atoms with Gasteiger partial charge in [-0.15, -0.1) is 0 Å². The van der Waals surface area contributed by atoms with Crippen molar-refractivity contribution >= 4 is 39.0 Å². The van der Waals surface area contributed by atoms with Crippen molar-refractivity contribution < 1.29 is 18.3 Å². The molecule has 9 heteroatoms. The van der Waals surface area contributed by atoms with Gasteiger partial charge in [-0.1, -0.05) is 29.3 Å². The number of aliphatic carboxylic acids is 1. The van der Waals surface area contributed by atoms with Gasteiger partial charge in [-0.3, -0.25) is 4.79 Å². The van der Waals surface area contributed by atoms with Gasteiger partial charge in [0.05, 0.1) is 21.3 Å². The lowest BCUT2D eigenvalue weighted by Crippen LogP contribution is -2.45. The zero-order chi connectivity index (χ0) is 20.2. The molecule has 0 spiro atoms. The average molecular weight is 437 g/mol. The fraction of sp³-hybridized carbons (Fsp3) is 0.611. The lowest BCUT2D eigenvalue weighted by Gasteiger charge is -2.35. The van der Waals surface area contributed by atoms with E-state index >= 15 is 0 Å². The molecule has 0 bridgehead atoms. The second kappa shape index (κ2) is 9.09. The van der Waals surface area contributed by atoms with Crippen LogP contribution in [0.1, 0.15) is 31.7 Å². The maximum Gasteiger partial charge on any atom is 0.313 e. The minimum atomic E-state index is -3.02. The lowest BCUT2D eigenvalue weighted by molar-refractivity contribution is -0.143. The van der Waals surface area contributed by atoms with Crippen molar-refractivity contribution in [1.82, 2.24) is 10.2 Å². The number of hydrogen-bond acceptors (Lipinski definition) is 5. The van der Waals surface area contributed by atoms with Gasteiger partial charge in [0.1, 0.15) is 0 Å². The molecule has 1 heterocycles. The van der Waals surface area contributed by atoms with E-state index in [1.54, 1.807) is 25.1 Å². The van der Waals surface area contributed by atoms with Gasteiger partial charge >= 0.3 is 5.97 Å². The van der Waals surface area contributed by atoms with E-state index in [0.29, 0.717) is 28.6 Å². The summed E-state index contributed by atoms with van der Waals surface area (Å²) < 4.78 is 22.5. The van der Waals surface area contributed by atoms with Gasteiger partial charge in [-0.05, 0) is 63.5 Å². The van der Waals surface area contributed by atoms with Crippen molar-refractivity contribution in [3.63, 3.8) is 0 Å². The van der Waals surface area contributed by atoms with Crippen LogP contribution in [0.15, 0.2) is 18.2 Å². The predicted octanol–water partition coefficient (Wildman–Crippen LogP) is 2.78. The van der Waals surface area contributed by atoms with Crippen LogP contribution in [0.5, 0.6) is 0 Å². The molecule has 1 aliphatic heterocycles. The Morgan fingerprint density at radius 1 is 1.30 bits per heavy atom. The van der Waals surface area contributed by atoms with Gasteiger partial charge in [-0.2, -0.15) is 0 Å². The normalized spacial score (nSPS) is 19.0. The third-order valence-electron chi connectivity index (χ3n) is 5.18. The molecule has 27 heavy (non-hydrogen) atoms. The van der Waals surface area contributed by atoms with E-state index in [-0.39, 0.29) is 11.9 Å². The second-order valence-electron chi connectivity index (χ2n) is 7.41. The number of rotatable bonds is 8. The van der Waals surface area contributed by atoms with Crippen molar-refractivity contribution in [3.8, 4) is 0 Å². The zero-order valence-corrected chi connectivity index (χ0v) is 17.9. The first kappa shape index (κ1) is 22.4. The van der Waals surface area contributed by atoms with Crippen molar-refractivity contribution in [1.29, 1.82) is 0 Å². The van der Waals surface area contributed by atoms with Crippen LogP contribution in [-0.4, -0.2) is 62.2 Å². The smallest absolute Gasteiger partial charge is 0.313 e. The SMILES string of the molecule is CC(CCN1CCC(NCS(C)(=O)=O)CC1)(C(=O)O)c1ccc(Cl)c(Cl)c1. The number of sulfone groups is 1. The summed E-state index contributed by atoms with van der Waals surface area (Å²) >= 11 is 12.0. The highest BCUT2D eigenvalue weighted by molar-refractivity contribution is 7.90. The molecule has 0 aromatic heterocycles. The van der Waals surface area contributed by atoms with Gasteiger partial charge < -0.3 is 15.3 Å². The molecule has 1 saturated heterocycles. The third-order valence-corrected chi connectivity index (χ3v) is 6.61. The van der Waals surface area contributed by atoms with Crippen LogP contribution in [0.2, 0.25) is 10.0 Å². The molecule has 0 amide bonds. The van der Waals surface area contributed by atoms with Crippen LogP contribution in [0.3, 0.4) is 0 Å². The predicted molar refractivity (Wildman–Crippen MR) is 108 cm³/mol. The van der Waals surface area contributed by atoms with E-state index in [9.17, 15) is 18.3 Å². The van der Waals surface area contributed by atoms with Gasteiger partial charge in [0, 0.05) is 12.3 Å². The van der Waals surface area contributed by atoms with E-state index in [4.69, 9.17) is 23.2 Å². The summed E-state index contributed by atoms with van der Waals surface area (Å²) in [6, 6.07) is 5.14. The van der Waals surface area contributed by atoms with Crippen molar-refractivity contribution in [3.05, 3.63) is 33.8 Å². The Kier molecular flexibility index (Phi) is 7.55. The fourth-order valence-corrected chi connectivity index (χ4v) is 4.06. The maximum atomic E-state index is 12.0. The molecule has 2 rings (SSSR count). The molecule has 6 nitrogen and oxygen atoms in total. The third kappa shape index (κ3) is 6.32. The number of halogens is 2. The highest BCUT2D eigenvalue weighted by Crippen LogP contribution is 2.33. The number of likely N-dealkylation sites (tertiary alicyclic amines) is 1. The molecule has 0 radical (unpaired) electrons. The van der Waals surface area contributed by atoms with Crippen molar-refractivity contribution in [2.45, 2.75) is 37.6 Å². The minimum absolute atomic E-state index is 0.00786. The summed E-state index contributed by atoms with van der Waals surface area (Å²) in [6.45, 7) is 3.95. The number of nitrogens with one attached hydrogen (secondary N) is 1. The number of hydrogen-bond donors (Lipinski definition) is 2. The Labute approximate surface area is 170 Å². The summed E-state index contributed by atoms with van der Waals surface area (Å²) in [4.78, 5) is 14.2. The van der Waals surface area contributed by atoms with E-state index < -0.39 is 21.2 Å². The number of nitrogens with zero attached hydrogens (tertiary/aromatic N) is 1. The van der Waals surface area contributed by atoms with Gasteiger partial charge in [0.25, 0.3) is 0 Å². The Morgan fingerprint density at radius 3 is 2.44 bits per heavy atom. The molecule has 0 aliphatic carbocycles. The Bertz CT molecular complexity index is 780. The molecule has 2 N–H and O–H groups in total. The van der Waals surface area contributed by atoms with Crippen molar-refractivity contribution in [2.75, 3.05) is 31.8 Å². The van der Waals surface area contributed by atoms with Gasteiger partial charge in [0.15, 0.2) is 9.84 Å². The quantitative estimate of drug-likeness (QED) is 0.651. The number of carbonyl (C=O) groups is 1. The number of carboxylic acid groups (broad SMARTS) is 1. The van der Waals surface area contributed by atoms with E-state index in [1.165, 1.54) is 6.26 Å². The topological polar surface area (TPSA) is 86.7 Å². The van der Waals surface area contributed by atoms with Crippen LogP contribution in [-0.2, 0) is 20.0 Å². The summed E-state index contributed by atoms with van der Waals surface area (Å²) in [6.07, 6.45) is 3.34. The minimum Gasteiger partial charge on any atom is -0.481 e. The Morgan fingerprint density at radius 2 is 1.93 bits per heavy atom. The molecule has 1 aliphatic rings. The molecule has 1 atom stereocenters. The average Bonchev–Trinajstić information content (AvgIpc) is 2.60. The highest BCUT2D eigenvalue weighted by Gasteiger charge is 2.36. The van der Waals surface area contributed by atoms with E-state index in [1.807, 2.05) is 0 Å². The largest absolute Gasteiger partial charge is 0.481 e. The molecule has 1 fully saturated rings. The van der Waals surface area contributed by atoms with E-state index in [0.717, 1.165) is 25.9 Å². The molecule has 152 valence electrons. The van der Waals surface area contributed by atoms with Gasteiger partial charge in [0.2, 0.25) is 0 Å². The summed E-state index contributed by atoms with van der Waals surface area (Å²) in [5.41, 5.74) is -0.423. The molecular weight excluding hydrogens is 411 g/mol.